The van der Waals surface area contributed by atoms with E-state index in [2.05, 4.69) is 83.4 Å². The molecule has 1 aromatic heterocycles. The quantitative estimate of drug-likeness (QED) is 0.153. The Kier molecular flexibility index (Phi) is 10.9. The minimum absolute atomic E-state index is 0. The highest BCUT2D eigenvalue weighted by atomic mass is 35.5. The lowest BCUT2D eigenvalue weighted by Crippen LogP contribution is -2.24. The molecule has 2 aliphatic carbocycles. The average Bonchev–Trinajstić information content (AvgIpc) is 3.80. The molecule has 0 saturated carbocycles. The molecule has 9 rings (SSSR count). The molecule has 0 spiro atoms. The molecule has 4 nitrogen and oxygen atoms in total. The van der Waals surface area contributed by atoms with Crippen LogP contribution in [0, 0.1) is 0 Å². The van der Waals surface area contributed by atoms with E-state index >= 15 is 0 Å². The van der Waals surface area contributed by atoms with Crippen molar-refractivity contribution < 1.29 is 4.79 Å². The number of anilines is 2. The van der Waals surface area contributed by atoms with E-state index in [1.54, 1.807) is 5.01 Å². The van der Waals surface area contributed by atoms with E-state index in [-0.39, 0.29) is 19.8 Å². The molecule has 5 heteroatoms. The van der Waals surface area contributed by atoms with E-state index in [1.165, 1.54) is 44.5 Å². The van der Waals surface area contributed by atoms with Crippen LogP contribution in [0.25, 0.3) is 27.8 Å². The fourth-order valence-corrected chi connectivity index (χ4v) is 6.43. The molecule has 0 atom stereocenters. The summed E-state index contributed by atoms with van der Waals surface area (Å²) in [6, 6.07) is 55.8. The van der Waals surface area contributed by atoms with Crippen LogP contribution in [0.5, 0.6) is 0 Å². The highest BCUT2D eigenvalue weighted by Gasteiger charge is 2.26. The first-order chi connectivity index (χ1) is 22.7. The SMILES string of the molecule is C.Cl.NN(c1ccccc1)c1ccccc1.O=C1CCc2ccccc21.c1ccc(-n2c3c(c4ccccc42)Cc2ccccc2-3)cc1. The van der Waals surface area contributed by atoms with Gasteiger partial charge in [-0.25, -0.2) is 5.84 Å². The Morgan fingerprint density at radius 2 is 1.04 bits per heavy atom. The normalized spacial score (nSPS) is 11.7. The molecular formula is C43H40ClN3O. The molecule has 1 heterocycles. The molecule has 0 bridgehead atoms. The number of hydrazine groups is 1. The van der Waals surface area contributed by atoms with E-state index in [9.17, 15) is 4.79 Å². The molecule has 240 valence electrons. The van der Waals surface area contributed by atoms with Gasteiger partial charge in [-0.05, 0) is 65.6 Å². The van der Waals surface area contributed by atoms with Gasteiger partial charge in [-0.1, -0.05) is 129 Å². The average molecular weight is 650 g/mol. The van der Waals surface area contributed by atoms with Gasteiger partial charge in [-0.2, -0.15) is 0 Å². The summed E-state index contributed by atoms with van der Waals surface area (Å²) in [4.78, 5) is 11.1. The van der Waals surface area contributed by atoms with Gasteiger partial charge in [0.1, 0.15) is 0 Å². The Balaban J connectivity index is 0.000000150. The lowest BCUT2D eigenvalue weighted by Gasteiger charge is -2.18. The van der Waals surface area contributed by atoms with Crippen molar-refractivity contribution in [2.24, 2.45) is 5.84 Å². The Hall–Kier alpha value is -5.42. The first-order valence-corrected chi connectivity index (χ1v) is 15.7. The number of Topliss-reactive ketones (excluding diaryl/α,β-unsaturated/α-hetero) is 1. The molecule has 0 saturated heterocycles. The molecule has 0 aliphatic heterocycles. The molecule has 0 radical (unpaired) electrons. The standard InChI is InChI=1S/C21H15N.C12H12N2.C9H8O.CH4.ClH/c1-2-9-16(10-3-1)22-20-13-7-6-12-18(20)19-14-15-8-4-5-11-17(15)21(19)22;13-14(11-7-3-1-4-8-11)12-9-5-2-6-10-12;10-9-6-5-7-3-1-2-4-8(7)9;;/h1-13H,14H2;1-10H,13H2;1-4H,5-6H2;1H4;1H. The van der Waals surface area contributed by atoms with Gasteiger partial charge >= 0.3 is 0 Å². The fraction of sp³-hybridized carbons (Fsp3) is 0.0930. The number of hydrogen-bond donors (Lipinski definition) is 1. The molecule has 2 N–H and O–H groups in total. The van der Waals surface area contributed by atoms with Crippen LogP contribution in [-0.4, -0.2) is 10.4 Å². The van der Waals surface area contributed by atoms with Crippen molar-refractivity contribution in [3.05, 3.63) is 186 Å². The van der Waals surface area contributed by atoms with Crippen molar-refractivity contribution in [1.29, 1.82) is 0 Å². The number of ketones is 1. The number of para-hydroxylation sites is 4. The smallest absolute Gasteiger partial charge is 0.163 e. The van der Waals surface area contributed by atoms with Gasteiger partial charge in [-0.15, -0.1) is 12.4 Å². The molecule has 7 aromatic rings. The molecule has 2 aliphatic rings. The Bertz CT molecular complexity index is 2070. The second kappa shape index (κ2) is 15.4. The van der Waals surface area contributed by atoms with Crippen LogP contribution in [0.2, 0.25) is 0 Å². The number of carbonyl (C=O) groups excluding carboxylic acids is 1. The highest BCUT2D eigenvalue weighted by Crippen LogP contribution is 2.44. The molecule has 6 aromatic carbocycles. The number of fused-ring (bicyclic) bond motifs is 6. The summed E-state index contributed by atoms with van der Waals surface area (Å²) < 4.78 is 2.41. The maximum absolute atomic E-state index is 11.1. The molecular weight excluding hydrogens is 610 g/mol. The zero-order valence-corrected chi connectivity index (χ0v) is 26.8. The van der Waals surface area contributed by atoms with Crippen molar-refractivity contribution in [1.82, 2.24) is 4.57 Å². The van der Waals surface area contributed by atoms with Gasteiger partial charge in [0, 0.05) is 35.0 Å². The van der Waals surface area contributed by atoms with Crippen LogP contribution in [0.15, 0.2) is 164 Å². The fourth-order valence-electron chi connectivity index (χ4n) is 6.43. The van der Waals surface area contributed by atoms with Crippen LogP contribution in [0.3, 0.4) is 0 Å². The van der Waals surface area contributed by atoms with E-state index < -0.39 is 0 Å². The summed E-state index contributed by atoms with van der Waals surface area (Å²) in [6.45, 7) is 0. The van der Waals surface area contributed by atoms with Crippen LogP contribution >= 0.6 is 12.4 Å². The number of aromatic nitrogens is 1. The Morgan fingerprint density at radius 3 is 1.67 bits per heavy atom. The van der Waals surface area contributed by atoms with Gasteiger partial charge in [0.2, 0.25) is 0 Å². The molecule has 0 fully saturated rings. The number of benzene rings is 6. The number of rotatable bonds is 3. The second-order valence-electron chi connectivity index (χ2n) is 11.5. The number of nitrogens with two attached hydrogens (primary N) is 1. The van der Waals surface area contributed by atoms with Crippen molar-refractivity contribution in [2.75, 3.05) is 5.01 Å². The van der Waals surface area contributed by atoms with Crippen molar-refractivity contribution in [3.8, 4) is 16.9 Å². The Labute approximate surface area is 289 Å². The van der Waals surface area contributed by atoms with Crippen molar-refractivity contribution in [2.45, 2.75) is 26.7 Å². The summed E-state index contributed by atoms with van der Waals surface area (Å²) >= 11 is 0. The third-order valence-electron chi connectivity index (χ3n) is 8.64. The third kappa shape index (κ3) is 6.82. The summed E-state index contributed by atoms with van der Waals surface area (Å²) in [5, 5.41) is 3.04. The van der Waals surface area contributed by atoms with Crippen molar-refractivity contribution >= 4 is 40.5 Å². The number of hydrogen-bond acceptors (Lipinski definition) is 3. The van der Waals surface area contributed by atoms with E-state index in [1.807, 2.05) is 84.9 Å². The predicted octanol–water partition coefficient (Wildman–Crippen LogP) is 10.8. The topological polar surface area (TPSA) is 51.3 Å². The summed E-state index contributed by atoms with van der Waals surface area (Å²) in [5.41, 5.74) is 12.3. The summed E-state index contributed by atoms with van der Waals surface area (Å²) in [5.74, 6) is 6.25. The lowest BCUT2D eigenvalue weighted by atomic mass is 10.1. The van der Waals surface area contributed by atoms with Crippen LogP contribution in [-0.2, 0) is 12.8 Å². The molecule has 48 heavy (non-hydrogen) atoms. The number of aryl methyl sites for hydroxylation is 1. The van der Waals surface area contributed by atoms with Gasteiger partial charge < -0.3 is 4.57 Å². The van der Waals surface area contributed by atoms with E-state index in [0.29, 0.717) is 12.2 Å². The maximum atomic E-state index is 11.1. The monoisotopic (exact) mass is 649 g/mol. The molecule has 0 unspecified atom stereocenters. The summed E-state index contributed by atoms with van der Waals surface area (Å²) in [7, 11) is 0. The van der Waals surface area contributed by atoms with Crippen LogP contribution < -0.4 is 10.9 Å². The number of halogens is 1. The van der Waals surface area contributed by atoms with Crippen molar-refractivity contribution in [3.63, 3.8) is 0 Å². The zero-order valence-electron chi connectivity index (χ0n) is 26.0. The third-order valence-corrected chi connectivity index (χ3v) is 8.64. The van der Waals surface area contributed by atoms with E-state index in [4.69, 9.17) is 5.84 Å². The lowest BCUT2D eigenvalue weighted by molar-refractivity contribution is 0.0994. The number of nitrogens with zero attached hydrogens (tertiary/aromatic N) is 2. The van der Waals surface area contributed by atoms with Gasteiger partial charge in [0.05, 0.1) is 22.6 Å². The van der Waals surface area contributed by atoms with Gasteiger partial charge in [0.25, 0.3) is 0 Å². The first kappa shape index (κ1) is 33.9. The highest BCUT2D eigenvalue weighted by molar-refractivity contribution is 6.00. The second-order valence-corrected chi connectivity index (χ2v) is 11.5. The maximum Gasteiger partial charge on any atom is 0.163 e. The van der Waals surface area contributed by atoms with Crippen LogP contribution in [0.4, 0.5) is 11.4 Å². The Morgan fingerprint density at radius 1 is 0.542 bits per heavy atom. The minimum Gasteiger partial charge on any atom is -0.309 e. The number of carbonyl (C=O) groups is 1. The van der Waals surface area contributed by atoms with E-state index in [0.717, 1.165) is 29.8 Å². The van der Waals surface area contributed by atoms with Crippen LogP contribution in [0.1, 0.15) is 40.9 Å². The largest absolute Gasteiger partial charge is 0.309 e. The van der Waals surface area contributed by atoms with Gasteiger partial charge in [0.15, 0.2) is 5.78 Å². The summed E-state index contributed by atoms with van der Waals surface area (Å²) in [6.07, 6.45) is 2.68. The minimum atomic E-state index is 0. The molecule has 0 amide bonds. The zero-order chi connectivity index (χ0) is 31.3. The predicted molar refractivity (Wildman–Crippen MR) is 204 cm³/mol. The first-order valence-electron chi connectivity index (χ1n) is 15.7. The van der Waals surface area contributed by atoms with Gasteiger partial charge in [-0.3, -0.25) is 9.80 Å².